The zero-order valence-corrected chi connectivity index (χ0v) is 13.0. The quantitative estimate of drug-likeness (QED) is 0.695. The third-order valence-electron chi connectivity index (χ3n) is 3.45. The summed E-state index contributed by atoms with van der Waals surface area (Å²) in [6.07, 6.45) is 3.29. The first-order valence-electron chi connectivity index (χ1n) is 6.94. The maximum absolute atomic E-state index is 6.31. The summed E-state index contributed by atoms with van der Waals surface area (Å²) in [6.45, 7) is 7.36. The van der Waals surface area contributed by atoms with Gasteiger partial charge in [0, 0.05) is 12.7 Å². The lowest BCUT2D eigenvalue weighted by Crippen LogP contribution is -2.11. The summed E-state index contributed by atoms with van der Waals surface area (Å²) >= 11 is 6.31. The Kier molecular flexibility index (Phi) is 3.63. The molecule has 0 aromatic carbocycles. The summed E-state index contributed by atoms with van der Waals surface area (Å²) in [5.41, 5.74) is 3.75. The minimum absolute atomic E-state index is 0.177. The van der Waals surface area contributed by atoms with Gasteiger partial charge < -0.3 is 4.57 Å². The fourth-order valence-corrected chi connectivity index (χ4v) is 2.66. The minimum Gasteiger partial charge on any atom is -0.306 e. The van der Waals surface area contributed by atoms with Crippen LogP contribution < -0.4 is 0 Å². The highest BCUT2D eigenvalue weighted by atomic mass is 35.5. The molecule has 0 bridgehead atoms. The lowest BCUT2D eigenvalue weighted by atomic mass is 10.3. The maximum Gasteiger partial charge on any atom is 0.159 e. The number of imidazole rings is 1. The number of halogens is 1. The van der Waals surface area contributed by atoms with Crippen LogP contribution in [0.1, 0.15) is 36.4 Å². The summed E-state index contributed by atoms with van der Waals surface area (Å²) in [5.74, 6) is 0.841. The molecule has 1 unspecified atom stereocenters. The molecule has 1 atom stereocenters. The number of aromatic nitrogens is 6. The molecule has 0 N–H and O–H groups in total. The highest BCUT2D eigenvalue weighted by Crippen LogP contribution is 2.27. The minimum atomic E-state index is -0.177. The molecule has 3 heterocycles. The first-order valence-corrected chi connectivity index (χ1v) is 7.38. The zero-order valence-electron chi connectivity index (χ0n) is 12.3. The van der Waals surface area contributed by atoms with E-state index in [1.807, 2.05) is 24.6 Å². The van der Waals surface area contributed by atoms with Crippen molar-refractivity contribution >= 4 is 22.8 Å². The molecule has 0 saturated heterocycles. The van der Waals surface area contributed by atoms with Crippen molar-refractivity contribution in [2.24, 2.45) is 0 Å². The van der Waals surface area contributed by atoms with E-state index in [1.165, 1.54) is 0 Å². The zero-order chi connectivity index (χ0) is 15.0. The molecule has 0 radical (unpaired) electrons. The summed E-state index contributed by atoms with van der Waals surface area (Å²) in [4.78, 5) is 12.9. The standard InChI is InChI=1S/C14H17ClN6/c1-4-21-14-12(10(3)19-21)18-13(9(2)15)20(14)7-11-5-6-16-8-17-11/h5-6,8-9H,4,7H2,1-3H3. The van der Waals surface area contributed by atoms with Crippen molar-refractivity contribution in [1.29, 1.82) is 0 Å². The van der Waals surface area contributed by atoms with Crippen molar-refractivity contribution in [3.05, 3.63) is 35.8 Å². The first kappa shape index (κ1) is 14.0. The second-order valence-corrected chi connectivity index (χ2v) is 5.60. The van der Waals surface area contributed by atoms with Gasteiger partial charge in [-0.15, -0.1) is 11.6 Å². The van der Waals surface area contributed by atoms with Crippen LogP contribution in [0.25, 0.3) is 11.2 Å². The maximum atomic E-state index is 6.31. The number of alkyl halides is 1. The van der Waals surface area contributed by atoms with Crippen LogP contribution in [-0.4, -0.2) is 29.3 Å². The Morgan fingerprint density at radius 2 is 2.19 bits per heavy atom. The van der Waals surface area contributed by atoms with Gasteiger partial charge in [0.25, 0.3) is 0 Å². The number of hydrogen-bond acceptors (Lipinski definition) is 4. The highest BCUT2D eigenvalue weighted by Gasteiger charge is 2.21. The molecule has 3 aromatic heterocycles. The van der Waals surface area contributed by atoms with Gasteiger partial charge in [0.1, 0.15) is 17.7 Å². The number of rotatable bonds is 4. The van der Waals surface area contributed by atoms with Crippen LogP contribution in [0, 0.1) is 6.92 Å². The van der Waals surface area contributed by atoms with E-state index in [2.05, 4.69) is 31.5 Å². The molecule has 3 rings (SSSR count). The fourth-order valence-electron chi connectivity index (χ4n) is 2.49. The van der Waals surface area contributed by atoms with Gasteiger partial charge in [0.2, 0.25) is 0 Å². The molecule has 0 aliphatic rings. The Balaban J connectivity index is 2.20. The molecule has 21 heavy (non-hydrogen) atoms. The van der Waals surface area contributed by atoms with Gasteiger partial charge in [-0.25, -0.2) is 19.6 Å². The molecular weight excluding hydrogens is 288 g/mol. The van der Waals surface area contributed by atoms with E-state index in [0.29, 0.717) is 6.54 Å². The largest absolute Gasteiger partial charge is 0.306 e. The normalized spacial score (nSPS) is 13.0. The fraction of sp³-hybridized carbons (Fsp3) is 0.429. The van der Waals surface area contributed by atoms with Gasteiger partial charge in [-0.1, -0.05) is 0 Å². The molecule has 3 aromatic rings. The number of nitrogens with zero attached hydrogens (tertiary/aromatic N) is 6. The van der Waals surface area contributed by atoms with E-state index < -0.39 is 0 Å². The Morgan fingerprint density at radius 1 is 1.38 bits per heavy atom. The van der Waals surface area contributed by atoms with Gasteiger partial charge in [0.15, 0.2) is 5.65 Å². The van der Waals surface area contributed by atoms with Gasteiger partial charge in [0.05, 0.1) is 23.3 Å². The summed E-state index contributed by atoms with van der Waals surface area (Å²) in [7, 11) is 0. The van der Waals surface area contributed by atoms with Gasteiger partial charge in [-0.2, -0.15) is 5.10 Å². The van der Waals surface area contributed by atoms with Gasteiger partial charge >= 0.3 is 0 Å². The topological polar surface area (TPSA) is 61.4 Å². The lowest BCUT2D eigenvalue weighted by Gasteiger charge is -2.11. The Labute approximate surface area is 127 Å². The van der Waals surface area contributed by atoms with E-state index in [4.69, 9.17) is 11.6 Å². The van der Waals surface area contributed by atoms with E-state index in [-0.39, 0.29) is 5.38 Å². The number of aryl methyl sites for hydroxylation is 2. The Bertz CT molecular complexity index is 759. The average molecular weight is 305 g/mol. The van der Waals surface area contributed by atoms with Crippen LogP contribution in [0.3, 0.4) is 0 Å². The molecule has 0 aliphatic carbocycles. The van der Waals surface area contributed by atoms with Crippen molar-refractivity contribution in [1.82, 2.24) is 29.3 Å². The average Bonchev–Trinajstić information content (AvgIpc) is 2.99. The molecule has 0 saturated carbocycles. The summed E-state index contributed by atoms with van der Waals surface area (Å²) in [6, 6.07) is 1.90. The van der Waals surface area contributed by atoms with E-state index in [9.17, 15) is 0 Å². The van der Waals surface area contributed by atoms with E-state index in [1.54, 1.807) is 12.5 Å². The van der Waals surface area contributed by atoms with Gasteiger partial charge in [-0.3, -0.25) is 0 Å². The molecular formula is C14H17ClN6. The van der Waals surface area contributed by atoms with Crippen molar-refractivity contribution in [3.63, 3.8) is 0 Å². The van der Waals surface area contributed by atoms with Crippen LogP contribution in [0.4, 0.5) is 0 Å². The van der Waals surface area contributed by atoms with Crippen molar-refractivity contribution in [2.45, 2.75) is 39.2 Å². The molecule has 6 nitrogen and oxygen atoms in total. The smallest absolute Gasteiger partial charge is 0.159 e. The van der Waals surface area contributed by atoms with Crippen LogP contribution >= 0.6 is 11.6 Å². The number of hydrogen-bond donors (Lipinski definition) is 0. The third kappa shape index (κ3) is 2.40. The second kappa shape index (κ2) is 5.44. The van der Waals surface area contributed by atoms with Gasteiger partial charge in [-0.05, 0) is 26.8 Å². The molecule has 0 spiro atoms. The number of fused-ring (bicyclic) bond motifs is 1. The van der Waals surface area contributed by atoms with Crippen LogP contribution in [-0.2, 0) is 13.1 Å². The van der Waals surface area contributed by atoms with E-state index in [0.717, 1.165) is 34.9 Å². The SMILES string of the molecule is CCn1nc(C)c2nc(C(C)Cl)n(Cc3ccncn3)c21. The van der Waals surface area contributed by atoms with Crippen molar-refractivity contribution < 1.29 is 0 Å². The van der Waals surface area contributed by atoms with Crippen LogP contribution in [0.2, 0.25) is 0 Å². The second-order valence-electron chi connectivity index (χ2n) is 4.95. The highest BCUT2D eigenvalue weighted by molar-refractivity contribution is 6.20. The molecule has 0 fully saturated rings. The predicted molar refractivity (Wildman–Crippen MR) is 81.3 cm³/mol. The first-order chi connectivity index (χ1) is 10.1. The molecule has 7 heteroatoms. The van der Waals surface area contributed by atoms with Crippen molar-refractivity contribution in [3.8, 4) is 0 Å². The monoisotopic (exact) mass is 304 g/mol. The Hall–Kier alpha value is -1.95. The van der Waals surface area contributed by atoms with E-state index >= 15 is 0 Å². The molecule has 0 amide bonds. The van der Waals surface area contributed by atoms with Crippen molar-refractivity contribution in [2.75, 3.05) is 0 Å². The predicted octanol–water partition coefficient (Wildman–Crippen LogP) is 2.70. The van der Waals surface area contributed by atoms with Crippen LogP contribution in [0.5, 0.6) is 0 Å². The summed E-state index contributed by atoms with van der Waals surface area (Å²) in [5, 5.41) is 4.35. The third-order valence-corrected chi connectivity index (χ3v) is 3.64. The summed E-state index contributed by atoms with van der Waals surface area (Å²) < 4.78 is 4.06. The van der Waals surface area contributed by atoms with Crippen LogP contribution in [0.15, 0.2) is 18.6 Å². The molecule has 0 aliphatic heterocycles. The lowest BCUT2D eigenvalue weighted by molar-refractivity contribution is 0.629. The Morgan fingerprint density at radius 3 is 2.81 bits per heavy atom. The molecule has 110 valence electrons.